The number of hydrogen-bond donors (Lipinski definition) is 0. The van der Waals surface area contributed by atoms with Gasteiger partial charge in [-0.25, -0.2) is 4.39 Å². The predicted molar refractivity (Wildman–Crippen MR) is 105 cm³/mol. The molecule has 5 heteroatoms. The topological polar surface area (TPSA) is 34.4 Å². The maximum Gasteiger partial charge on any atom is 0.252 e. The molecule has 26 heavy (non-hydrogen) atoms. The Kier molecular flexibility index (Phi) is 5.18. The molecule has 134 valence electrons. The highest BCUT2D eigenvalue weighted by atomic mass is 32.1. The Bertz CT molecular complexity index is 1050. The Labute approximate surface area is 156 Å². The number of para-hydroxylation sites is 1. The molecule has 0 saturated carbocycles. The van der Waals surface area contributed by atoms with E-state index in [0.717, 1.165) is 21.4 Å². The highest BCUT2D eigenvalue weighted by Gasteiger charge is 2.13. The summed E-state index contributed by atoms with van der Waals surface area (Å²) in [5.41, 5.74) is 4.83. The van der Waals surface area contributed by atoms with Crippen molar-refractivity contribution in [3.8, 4) is 0 Å². The van der Waals surface area contributed by atoms with Crippen molar-refractivity contribution in [3.63, 3.8) is 0 Å². The van der Waals surface area contributed by atoms with Gasteiger partial charge in [-0.1, -0.05) is 41.2 Å². The molecule has 0 atom stereocenters. The van der Waals surface area contributed by atoms with Crippen LogP contribution < -0.4 is 4.80 Å². The Morgan fingerprint density at radius 3 is 2.62 bits per heavy atom. The summed E-state index contributed by atoms with van der Waals surface area (Å²) in [7, 11) is 0. The van der Waals surface area contributed by atoms with E-state index < -0.39 is 0 Å². The van der Waals surface area contributed by atoms with Gasteiger partial charge in [-0.3, -0.25) is 4.79 Å². The first-order chi connectivity index (χ1) is 12.4. The van der Waals surface area contributed by atoms with E-state index in [9.17, 15) is 9.18 Å². The largest absolute Gasteiger partial charge is 0.310 e. The van der Waals surface area contributed by atoms with Gasteiger partial charge >= 0.3 is 0 Å². The van der Waals surface area contributed by atoms with Crippen LogP contribution in [0.25, 0.3) is 10.2 Å². The first-order valence-electron chi connectivity index (χ1n) is 8.43. The van der Waals surface area contributed by atoms with E-state index in [4.69, 9.17) is 0 Å². The van der Waals surface area contributed by atoms with Gasteiger partial charge in [0.2, 0.25) is 0 Å². The van der Waals surface area contributed by atoms with E-state index in [2.05, 4.69) is 23.7 Å². The fraction of sp³-hybridized carbons (Fsp3) is 0.238. The Morgan fingerprint density at radius 1 is 1.27 bits per heavy atom. The molecule has 0 aliphatic heterocycles. The van der Waals surface area contributed by atoms with Crippen LogP contribution >= 0.6 is 11.3 Å². The molecular formula is C21H21FN2OS. The van der Waals surface area contributed by atoms with Gasteiger partial charge in [-0.05, 0) is 49.6 Å². The number of thiazole rings is 1. The van der Waals surface area contributed by atoms with E-state index in [0.29, 0.717) is 16.9 Å². The van der Waals surface area contributed by atoms with E-state index >= 15 is 0 Å². The quantitative estimate of drug-likeness (QED) is 0.619. The van der Waals surface area contributed by atoms with Crippen LogP contribution in [0, 0.1) is 26.6 Å². The number of rotatable bonds is 4. The lowest BCUT2D eigenvalue weighted by molar-refractivity contribution is -0.117. The lowest BCUT2D eigenvalue weighted by Crippen LogP contribution is -2.17. The number of nitrogens with zero attached hydrogens (tertiary/aromatic N) is 2. The van der Waals surface area contributed by atoms with E-state index in [1.165, 1.54) is 23.0 Å². The van der Waals surface area contributed by atoms with Crippen LogP contribution in [0.3, 0.4) is 0 Å². The lowest BCUT2D eigenvalue weighted by Gasteiger charge is -2.09. The van der Waals surface area contributed by atoms with Crippen molar-refractivity contribution >= 4 is 27.5 Å². The van der Waals surface area contributed by atoms with Crippen molar-refractivity contribution in [1.82, 2.24) is 4.57 Å². The number of allylic oxidation sites excluding steroid dienone is 1. The summed E-state index contributed by atoms with van der Waals surface area (Å²) in [4.78, 5) is 17.4. The first-order valence-corrected chi connectivity index (χ1v) is 9.25. The third-order valence-electron chi connectivity index (χ3n) is 4.35. The maximum atomic E-state index is 14.2. The van der Waals surface area contributed by atoms with Crippen molar-refractivity contribution in [2.24, 2.45) is 4.99 Å². The van der Waals surface area contributed by atoms with Crippen LogP contribution in [0.15, 0.2) is 48.0 Å². The van der Waals surface area contributed by atoms with Crippen molar-refractivity contribution < 1.29 is 9.18 Å². The van der Waals surface area contributed by atoms with Crippen LogP contribution in [-0.2, 0) is 17.8 Å². The SMILES string of the molecule is C=CCn1c(=NC(=O)Cc2c(C)cc(C)cc2C)sc2cccc(F)c21. The van der Waals surface area contributed by atoms with Gasteiger partial charge in [0.15, 0.2) is 4.80 Å². The molecule has 1 heterocycles. The molecule has 0 bridgehead atoms. The molecule has 0 fully saturated rings. The van der Waals surface area contributed by atoms with Crippen LogP contribution in [0.1, 0.15) is 22.3 Å². The standard InChI is InChI=1S/C21H21FN2OS/c1-5-9-24-20-17(22)7-6-8-18(20)26-21(24)23-19(25)12-16-14(3)10-13(2)11-15(16)4/h5-8,10-11H,1,9,12H2,2-4H3. The Hall–Kier alpha value is -2.53. The molecule has 0 N–H and O–H groups in total. The van der Waals surface area contributed by atoms with Gasteiger partial charge < -0.3 is 4.57 Å². The minimum atomic E-state index is -0.320. The summed E-state index contributed by atoms with van der Waals surface area (Å²) in [6.07, 6.45) is 1.92. The average molecular weight is 368 g/mol. The number of aromatic nitrogens is 1. The normalized spacial score (nSPS) is 11.9. The molecular weight excluding hydrogens is 347 g/mol. The third-order valence-corrected chi connectivity index (χ3v) is 5.40. The molecule has 1 amide bonds. The van der Waals surface area contributed by atoms with Crippen molar-refractivity contribution in [3.05, 3.63) is 75.9 Å². The van der Waals surface area contributed by atoms with Crippen molar-refractivity contribution in [1.29, 1.82) is 0 Å². The number of amides is 1. The number of carbonyl (C=O) groups excluding carboxylic acids is 1. The lowest BCUT2D eigenvalue weighted by atomic mass is 9.97. The molecule has 0 saturated heterocycles. The molecule has 0 radical (unpaired) electrons. The minimum Gasteiger partial charge on any atom is -0.310 e. The van der Waals surface area contributed by atoms with Crippen LogP contribution in [0.2, 0.25) is 0 Å². The number of aryl methyl sites for hydroxylation is 3. The van der Waals surface area contributed by atoms with Gasteiger partial charge in [0.1, 0.15) is 5.82 Å². The zero-order valence-corrected chi connectivity index (χ0v) is 16.0. The first kappa shape index (κ1) is 18.3. The summed E-state index contributed by atoms with van der Waals surface area (Å²) < 4.78 is 16.7. The molecule has 0 unspecified atom stereocenters. The predicted octanol–water partition coefficient (Wildman–Crippen LogP) is 4.62. The Balaban J connectivity index is 2.05. The summed E-state index contributed by atoms with van der Waals surface area (Å²) >= 11 is 1.32. The fourth-order valence-electron chi connectivity index (χ4n) is 3.26. The number of carbonyl (C=O) groups is 1. The Morgan fingerprint density at radius 2 is 1.96 bits per heavy atom. The van der Waals surface area contributed by atoms with E-state index in [1.807, 2.05) is 26.8 Å². The summed E-state index contributed by atoms with van der Waals surface area (Å²) in [5, 5.41) is 0. The number of benzene rings is 2. The van der Waals surface area contributed by atoms with E-state index in [1.54, 1.807) is 16.7 Å². The summed E-state index contributed by atoms with van der Waals surface area (Å²) in [6.45, 7) is 10.2. The van der Waals surface area contributed by atoms with Gasteiger partial charge in [-0.2, -0.15) is 4.99 Å². The molecule has 3 nitrogen and oxygen atoms in total. The maximum absolute atomic E-state index is 14.2. The highest BCUT2D eigenvalue weighted by Crippen LogP contribution is 2.21. The molecule has 3 aromatic rings. The van der Waals surface area contributed by atoms with Crippen molar-refractivity contribution in [2.75, 3.05) is 0 Å². The molecule has 0 aliphatic rings. The van der Waals surface area contributed by atoms with Gasteiger partial charge in [-0.15, -0.1) is 6.58 Å². The second kappa shape index (κ2) is 7.38. The van der Waals surface area contributed by atoms with Gasteiger partial charge in [0.05, 0.1) is 16.6 Å². The molecule has 0 aliphatic carbocycles. The van der Waals surface area contributed by atoms with Crippen LogP contribution in [0.5, 0.6) is 0 Å². The number of hydrogen-bond acceptors (Lipinski definition) is 2. The van der Waals surface area contributed by atoms with E-state index in [-0.39, 0.29) is 18.1 Å². The molecule has 0 spiro atoms. The molecule has 2 aromatic carbocycles. The van der Waals surface area contributed by atoms with Gasteiger partial charge in [0.25, 0.3) is 5.91 Å². The monoisotopic (exact) mass is 368 g/mol. The summed E-state index contributed by atoms with van der Waals surface area (Å²) in [5.74, 6) is -0.551. The van der Waals surface area contributed by atoms with Gasteiger partial charge in [0, 0.05) is 6.54 Å². The molecule has 3 rings (SSSR count). The average Bonchev–Trinajstić information content (AvgIpc) is 2.90. The zero-order chi connectivity index (χ0) is 18.8. The zero-order valence-electron chi connectivity index (χ0n) is 15.2. The number of fused-ring (bicyclic) bond motifs is 1. The second-order valence-corrected chi connectivity index (χ2v) is 7.44. The fourth-order valence-corrected chi connectivity index (χ4v) is 4.33. The van der Waals surface area contributed by atoms with Crippen molar-refractivity contribution in [2.45, 2.75) is 33.7 Å². The second-order valence-electron chi connectivity index (χ2n) is 6.43. The third kappa shape index (κ3) is 3.53. The minimum absolute atomic E-state index is 0.232. The highest BCUT2D eigenvalue weighted by molar-refractivity contribution is 7.16. The van der Waals surface area contributed by atoms with Crippen LogP contribution in [-0.4, -0.2) is 10.5 Å². The van der Waals surface area contributed by atoms with Crippen LogP contribution in [0.4, 0.5) is 4.39 Å². The smallest absolute Gasteiger partial charge is 0.252 e. The molecule has 1 aromatic heterocycles. The summed E-state index contributed by atoms with van der Waals surface area (Å²) in [6, 6.07) is 9.06. The number of halogens is 1.